The van der Waals surface area contributed by atoms with Crippen LogP contribution in [0.1, 0.15) is 18.9 Å². The van der Waals surface area contributed by atoms with Crippen LogP contribution in [0.3, 0.4) is 0 Å². The van der Waals surface area contributed by atoms with E-state index in [2.05, 4.69) is 0 Å². The van der Waals surface area contributed by atoms with E-state index in [1.54, 1.807) is 43.3 Å². The monoisotopic (exact) mass is 205 g/mol. The number of benzene rings is 1. The zero-order valence-electron chi connectivity index (χ0n) is 8.48. The highest BCUT2D eigenvalue weighted by molar-refractivity contribution is 5.50. The summed E-state index contributed by atoms with van der Waals surface area (Å²) in [6, 6.07) is 9.88. The molecular formula is C12H12FNO. The van der Waals surface area contributed by atoms with E-state index in [4.69, 9.17) is 5.26 Å². The Labute approximate surface area is 88.3 Å². The largest absolute Gasteiger partial charge is 0.303 e. The third-order valence-electron chi connectivity index (χ3n) is 2.49. The van der Waals surface area contributed by atoms with E-state index >= 15 is 0 Å². The second kappa shape index (κ2) is 4.70. The smallest absolute Gasteiger partial charge is 0.224 e. The lowest BCUT2D eigenvalue weighted by molar-refractivity contribution is -0.109. The molecule has 0 N–H and O–H groups in total. The summed E-state index contributed by atoms with van der Waals surface area (Å²) in [5.74, 6) is -0.637. The van der Waals surface area contributed by atoms with Gasteiger partial charge < -0.3 is 4.79 Å². The van der Waals surface area contributed by atoms with Crippen molar-refractivity contribution in [3.63, 3.8) is 0 Å². The SMILES string of the molecule is CC(CC=O)C(F)(C#N)c1ccccc1. The number of aldehydes is 1. The molecule has 0 saturated carbocycles. The maximum atomic E-state index is 14.3. The van der Waals surface area contributed by atoms with Gasteiger partial charge in [-0.15, -0.1) is 0 Å². The minimum absolute atomic E-state index is 0.0406. The van der Waals surface area contributed by atoms with E-state index < -0.39 is 11.6 Å². The highest BCUT2D eigenvalue weighted by Crippen LogP contribution is 2.34. The number of carbonyl (C=O) groups excluding carboxylic acids is 1. The van der Waals surface area contributed by atoms with Crippen LogP contribution >= 0.6 is 0 Å². The maximum Gasteiger partial charge on any atom is 0.224 e. The van der Waals surface area contributed by atoms with Crippen LogP contribution in [0.5, 0.6) is 0 Å². The summed E-state index contributed by atoms with van der Waals surface area (Å²) in [5.41, 5.74) is -1.77. The minimum Gasteiger partial charge on any atom is -0.303 e. The van der Waals surface area contributed by atoms with Crippen molar-refractivity contribution in [2.24, 2.45) is 5.92 Å². The lowest BCUT2D eigenvalue weighted by atomic mass is 9.84. The molecule has 3 heteroatoms. The first kappa shape index (κ1) is 11.4. The zero-order chi connectivity index (χ0) is 11.3. The van der Waals surface area contributed by atoms with Gasteiger partial charge in [0, 0.05) is 17.9 Å². The Hall–Kier alpha value is -1.69. The predicted molar refractivity (Wildman–Crippen MR) is 54.7 cm³/mol. The second-order valence-corrected chi connectivity index (χ2v) is 3.49. The van der Waals surface area contributed by atoms with E-state index in [1.165, 1.54) is 0 Å². The van der Waals surface area contributed by atoms with Crippen molar-refractivity contribution in [2.75, 3.05) is 0 Å². The number of hydrogen-bond donors (Lipinski definition) is 0. The standard InChI is InChI=1S/C12H12FNO/c1-10(7-8-15)12(13,9-14)11-5-3-2-4-6-11/h2-6,8,10H,7H2,1H3. The summed E-state index contributed by atoms with van der Waals surface area (Å²) in [7, 11) is 0. The Morgan fingerprint density at radius 2 is 2.13 bits per heavy atom. The molecule has 0 aliphatic heterocycles. The molecule has 1 aromatic carbocycles. The van der Waals surface area contributed by atoms with Crippen molar-refractivity contribution in [3.05, 3.63) is 35.9 Å². The molecule has 0 radical (unpaired) electrons. The van der Waals surface area contributed by atoms with Gasteiger partial charge in [0.25, 0.3) is 0 Å². The minimum atomic E-state index is -2.08. The molecule has 0 saturated heterocycles. The summed E-state index contributed by atoms with van der Waals surface area (Å²) >= 11 is 0. The fraction of sp³-hybridized carbons (Fsp3) is 0.333. The molecule has 0 aliphatic rings. The second-order valence-electron chi connectivity index (χ2n) is 3.49. The van der Waals surface area contributed by atoms with Gasteiger partial charge in [0.2, 0.25) is 5.67 Å². The fourth-order valence-corrected chi connectivity index (χ4v) is 1.45. The molecule has 0 fully saturated rings. The molecule has 2 unspecified atom stereocenters. The third kappa shape index (κ3) is 2.21. The fourth-order valence-electron chi connectivity index (χ4n) is 1.45. The molecular weight excluding hydrogens is 193 g/mol. The number of carbonyl (C=O) groups is 1. The summed E-state index contributed by atoms with van der Waals surface area (Å²) in [6.45, 7) is 1.56. The Kier molecular flexibility index (Phi) is 3.56. The van der Waals surface area contributed by atoms with Crippen LogP contribution in [0.15, 0.2) is 30.3 Å². The molecule has 1 rings (SSSR count). The van der Waals surface area contributed by atoms with Crippen molar-refractivity contribution in [1.29, 1.82) is 5.26 Å². The molecule has 0 amide bonds. The van der Waals surface area contributed by atoms with Crippen molar-refractivity contribution in [1.82, 2.24) is 0 Å². The topological polar surface area (TPSA) is 40.9 Å². The van der Waals surface area contributed by atoms with Crippen LogP contribution in [-0.2, 0) is 10.5 Å². The van der Waals surface area contributed by atoms with Gasteiger partial charge in [-0.05, 0) is 0 Å². The van der Waals surface area contributed by atoms with Crippen LogP contribution in [-0.4, -0.2) is 6.29 Å². The van der Waals surface area contributed by atoms with Gasteiger partial charge in [-0.2, -0.15) is 5.26 Å². The van der Waals surface area contributed by atoms with Gasteiger partial charge in [0.05, 0.1) is 0 Å². The number of alkyl halides is 1. The number of hydrogen-bond acceptors (Lipinski definition) is 2. The maximum absolute atomic E-state index is 14.3. The first-order valence-electron chi connectivity index (χ1n) is 4.74. The Bertz CT molecular complexity index is 371. The average Bonchev–Trinajstić information content (AvgIpc) is 2.29. The molecule has 0 bridgehead atoms. The molecule has 15 heavy (non-hydrogen) atoms. The highest BCUT2D eigenvalue weighted by atomic mass is 19.1. The normalized spacial score (nSPS) is 16.1. The summed E-state index contributed by atoms with van der Waals surface area (Å²) in [6.07, 6.45) is 0.679. The number of rotatable bonds is 4. The van der Waals surface area contributed by atoms with Crippen LogP contribution in [0.4, 0.5) is 4.39 Å². The summed E-state index contributed by atoms with van der Waals surface area (Å²) in [5, 5.41) is 8.89. The van der Waals surface area contributed by atoms with Crippen molar-refractivity contribution in [3.8, 4) is 6.07 Å². The summed E-state index contributed by atoms with van der Waals surface area (Å²) < 4.78 is 14.3. The number of nitrogens with zero attached hydrogens (tertiary/aromatic N) is 1. The van der Waals surface area contributed by atoms with Gasteiger partial charge in [-0.3, -0.25) is 0 Å². The molecule has 0 spiro atoms. The third-order valence-corrected chi connectivity index (χ3v) is 2.49. The average molecular weight is 205 g/mol. The van der Waals surface area contributed by atoms with E-state index in [0.29, 0.717) is 11.8 Å². The lowest BCUT2D eigenvalue weighted by Gasteiger charge is -2.23. The Morgan fingerprint density at radius 1 is 1.53 bits per heavy atom. The zero-order valence-corrected chi connectivity index (χ0v) is 8.48. The Morgan fingerprint density at radius 3 is 2.60 bits per heavy atom. The van der Waals surface area contributed by atoms with Crippen LogP contribution in [0, 0.1) is 17.2 Å². The van der Waals surface area contributed by atoms with Crippen LogP contribution in [0.25, 0.3) is 0 Å². The molecule has 2 atom stereocenters. The number of halogens is 1. The quantitative estimate of drug-likeness (QED) is 0.709. The van der Waals surface area contributed by atoms with Gasteiger partial charge in [-0.25, -0.2) is 4.39 Å². The van der Waals surface area contributed by atoms with Crippen molar-refractivity contribution >= 4 is 6.29 Å². The van der Waals surface area contributed by atoms with Crippen LogP contribution < -0.4 is 0 Å². The van der Waals surface area contributed by atoms with Crippen molar-refractivity contribution in [2.45, 2.75) is 19.0 Å². The molecule has 0 aromatic heterocycles. The van der Waals surface area contributed by atoms with Gasteiger partial charge in [0.15, 0.2) is 0 Å². The van der Waals surface area contributed by atoms with Gasteiger partial charge >= 0.3 is 0 Å². The van der Waals surface area contributed by atoms with E-state index in [-0.39, 0.29) is 6.42 Å². The summed E-state index contributed by atoms with van der Waals surface area (Å²) in [4.78, 5) is 10.3. The van der Waals surface area contributed by atoms with Crippen molar-refractivity contribution < 1.29 is 9.18 Å². The molecule has 0 aliphatic carbocycles. The Balaban J connectivity index is 3.06. The predicted octanol–water partition coefficient (Wildman–Crippen LogP) is 2.60. The molecule has 0 heterocycles. The molecule has 2 nitrogen and oxygen atoms in total. The van der Waals surface area contributed by atoms with Gasteiger partial charge in [0.1, 0.15) is 12.4 Å². The first-order chi connectivity index (χ1) is 7.15. The molecule has 78 valence electrons. The lowest BCUT2D eigenvalue weighted by Crippen LogP contribution is -2.27. The van der Waals surface area contributed by atoms with E-state index in [1.807, 2.05) is 0 Å². The van der Waals surface area contributed by atoms with Crippen LogP contribution in [0.2, 0.25) is 0 Å². The molecule has 1 aromatic rings. The van der Waals surface area contributed by atoms with E-state index in [9.17, 15) is 9.18 Å². The first-order valence-corrected chi connectivity index (χ1v) is 4.74. The van der Waals surface area contributed by atoms with Gasteiger partial charge in [-0.1, -0.05) is 37.3 Å². The van der Waals surface area contributed by atoms with E-state index in [0.717, 1.165) is 0 Å². The highest BCUT2D eigenvalue weighted by Gasteiger charge is 2.38. The number of nitriles is 1.